The molecule has 28 heavy (non-hydrogen) atoms. The van der Waals surface area contributed by atoms with E-state index >= 15 is 0 Å². The fourth-order valence-corrected chi connectivity index (χ4v) is 3.67. The topological polar surface area (TPSA) is 50.7 Å². The maximum atomic E-state index is 12.5. The lowest BCUT2D eigenvalue weighted by atomic mass is 10.0. The molecule has 0 aliphatic carbocycles. The zero-order valence-corrected chi connectivity index (χ0v) is 17.3. The number of nitrogens with zero attached hydrogens (tertiary/aromatic N) is 1. The Bertz CT molecular complexity index is 1080. The standard InChI is InChI=1S/C22H16BrClN2O2/c1-2-13-11-14(23)12-19-20(13)26-22(27)21(19)25-16-5-9-18(10-6-16)28-17-7-3-15(24)4-8-17/h3-12H,2H2,1H3,(H,25,26,27). The quantitative estimate of drug-likeness (QED) is 0.486. The Kier molecular flexibility index (Phi) is 5.20. The highest BCUT2D eigenvalue weighted by Crippen LogP contribution is 2.33. The van der Waals surface area contributed by atoms with Crippen molar-refractivity contribution in [2.24, 2.45) is 4.99 Å². The Hall–Kier alpha value is -2.63. The van der Waals surface area contributed by atoms with Gasteiger partial charge in [0.1, 0.15) is 17.2 Å². The van der Waals surface area contributed by atoms with E-state index in [0.717, 1.165) is 27.7 Å². The van der Waals surface area contributed by atoms with Crippen LogP contribution in [0.15, 0.2) is 70.1 Å². The van der Waals surface area contributed by atoms with Crippen LogP contribution in [0.25, 0.3) is 0 Å². The molecule has 4 rings (SSSR count). The van der Waals surface area contributed by atoms with E-state index in [4.69, 9.17) is 16.3 Å². The van der Waals surface area contributed by atoms with E-state index in [1.807, 2.05) is 36.4 Å². The van der Waals surface area contributed by atoms with Crippen molar-refractivity contribution in [3.05, 3.63) is 81.3 Å². The van der Waals surface area contributed by atoms with Gasteiger partial charge in [-0.15, -0.1) is 0 Å². The summed E-state index contributed by atoms with van der Waals surface area (Å²) >= 11 is 9.40. The number of aryl methyl sites for hydroxylation is 1. The molecule has 140 valence electrons. The molecular weight excluding hydrogens is 440 g/mol. The zero-order valence-electron chi connectivity index (χ0n) is 15.0. The Morgan fingerprint density at radius 2 is 1.68 bits per heavy atom. The summed E-state index contributed by atoms with van der Waals surface area (Å²) in [6, 6.07) is 18.4. The second-order valence-corrected chi connectivity index (χ2v) is 7.66. The first-order chi connectivity index (χ1) is 13.5. The molecule has 3 aromatic rings. The highest BCUT2D eigenvalue weighted by Gasteiger charge is 2.28. The van der Waals surface area contributed by atoms with Gasteiger partial charge in [0.2, 0.25) is 0 Å². The summed E-state index contributed by atoms with van der Waals surface area (Å²) in [7, 11) is 0. The minimum atomic E-state index is -0.190. The van der Waals surface area contributed by atoms with Crippen LogP contribution in [0.2, 0.25) is 5.02 Å². The number of halogens is 2. The second-order valence-electron chi connectivity index (χ2n) is 6.31. The van der Waals surface area contributed by atoms with Gasteiger partial charge >= 0.3 is 0 Å². The highest BCUT2D eigenvalue weighted by molar-refractivity contribution is 9.10. The molecule has 0 saturated heterocycles. The van der Waals surface area contributed by atoms with Crippen LogP contribution in [0.3, 0.4) is 0 Å². The molecule has 0 unspecified atom stereocenters. The molecule has 1 amide bonds. The normalized spacial score (nSPS) is 14.1. The Labute approximate surface area is 176 Å². The SMILES string of the molecule is CCc1cc(Br)cc2c1NC(=O)C2=Nc1ccc(Oc2ccc(Cl)cc2)cc1. The van der Waals surface area contributed by atoms with Gasteiger partial charge in [0.15, 0.2) is 0 Å². The third kappa shape index (κ3) is 3.81. The van der Waals surface area contributed by atoms with Gasteiger partial charge in [0, 0.05) is 15.1 Å². The summed E-state index contributed by atoms with van der Waals surface area (Å²) in [5, 5.41) is 3.60. The molecule has 6 heteroatoms. The van der Waals surface area contributed by atoms with Crippen molar-refractivity contribution in [3.63, 3.8) is 0 Å². The molecule has 0 bridgehead atoms. The number of nitrogens with one attached hydrogen (secondary N) is 1. The first kappa shape index (κ1) is 18.7. The fourth-order valence-electron chi connectivity index (χ4n) is 3.04. The number of amides is 1. The van der Waals surface area contributed by atoms with Crippen molar-refractivity contribution < 1.29 is 9.53 Å². The molecule has 1 heterocycles. The van der Waals surface area contributed by atoms with Crippen molar-refractivity contribution >= 4 is 50.5 Å². The van der Waals surface area contributed by atoms with E-state index in [9.17, 15) is 4.79 Å². The lowest BCUT2D eigenvalue weighted by molar-refractivity contribution is -0.110. The molecule has 0 saturated carbocycles. The largest absolute Gasteiger partial charge is 0.457 e. The molecule has 0 radical (unpaired) electrons. The zero-order chi connectivity index (χ0) is 19.7. The smallest absolute Gasteiger partial charge is 0.275 e. The van der Waals surface area contributed by atoms with Gasteiger partial charge in [0.25, 0.3) is 5.91 Å². The monoisotopic (exact) mass is 454 g/mol. The van der Waals surface area contributed by atoms with E-state index in [-0.39, 0.29) is 5.91 Å². The molecule has 0 aromatic heterocycles. The first-order valence-corrected chi connectivity index (χ1v) is 9.97. The third-order valence-electron chi connectivity index (χ3n) is 4.40. The van der Waals surface area contributed by atoms with Crippen LogP contribution in [0.5, 0.6) is 11.5 Å². The van der Waals surface area contributed by atoms with Gasteiger partial charge in [-0.25, -0.2) is 4.99 Å². The van der Waals surface area contributed by atoms with Gasteiger partial charge in [-0.3, -0.25) is 4.79 Å². The molecule has 1 aliphatic heterocycles. The third-order valence-corrected chi connectivity index (χ3v) is 5.11. The summed E-state index contributed by atoms with van der Waals surface area (Å²) in [5.74, 6) is 1.19. The summed E-state index contributed by atoms with van der Waals surface area (Å²) in [6.07, 6.45) is 0.825. The molecule has 1 N–H and O–H groups in total. The predicted octanol–water partition coefficient (Wildman–Crippen LogP) is 6.53. The number of aliphatic imine (C=N–C) groups is 1. The maximum Gasteiger partial charge on any atom is 0.275 e. The summed E-state index contributed by atoms with van der Waals surface area (Å²) in [5.41, 5.74) is 3.83. The number of anilines is 1. The molecule has 1 aliphatic rings. The molecule has 0 atom stereocenters. The van der Waals surface area contributed by atoms with Crippen LogP contribution < -0.4 is 10.1 Å². The molecule has 0 spiro atoms. The van der Waals surface area contributed by atoms with Crippen molar-refractivity contribution in [2.75, 3.05) is 5.32 Å². The van der Waals surface area contributed by atoms with Gasteiger partial charge in [-0.05, 0) is 72.6 Å². The number of fused-ring (bicyclic) bond motifs is 1. The number of benzene rings is 3. The second kappa shape index (κ2) is 7.78. The minimum absolute atomic E-state index is 0.190. The van der Waals surface area contributed by atoms with Gasteiger partial charge in [-0.2, -0.15) is 0 Å². The van der Waals surface area contributed by atoms with Crippen LogP contribution >= 0.6 is 27.5 Å². The van der Waals surface area contributed by atoms with Gasteiger partial charge in [-0.1, -0.05) is 34.5 Å². The van der Waals surface area contributed by atoms with Crippen LogP contribution in [-0.2, 0) is 11.2 Å². The summed E-state index contributed by atoms with van der Waals surface area (Å²) < 4.78 is 6.72. The van der Waals surface area contributed by atoms with E-state index in [0.29, 0.717) is 27.9 Å². The fraction of sp³-hybridized carbons (Fsp3) is 0.0909. The Balaban J connectivity index is 1.61. The van der Waals surface area contributed by atoms with Crippen LogP contribution in [0.1, 0.15) is 18.1 Å². The molecule has 4 nitrogen and oxygen atoms in total. The van der Waals surface area contributed by atoms with Gasteiger partial charge < -0.3 is 10.1 Å². The first-order valence-electron chi connectivity index (χ1n) is 8.80. The highest BCUT2D eigenvalue weighted by atomic mass is 79.9. The van der Waals surface area contributed by atoms with Crippen molar-refractivity contribution in [1.82, 2.24) is 0 Å². The number of rotatable bonds is 4. The average molecular weight is 456 g/mol. The number of carbonyl (C=O) groups is 1. The van der Waals surface area contributed by atoms with Crippen molar-refractivity contribution in [3.8, 4) is 11.5 Å². The molecular formula is C22H16BrClN2O2. The summed E-state index contributed by atoms with van der Waals surface area (Å²) in [4.78, 5) is 17.0. The number of ether oxygens (including phenoxy) is 1. The Morgan fingerprint density at radius 3 is 2.32 bits per heavy atom. The number of carbonyl (C=O) groups excluding carboxylic acids is 1. The predicted molar refractivity (Wildman–Crippen MR) is 116 cm³/mol. The van der Waals surface area contributed by atoms with E-state index < -0.39 is 0 Å². The van der Waals surface area contributed by atoms with Crippen molar-refractivity contribution in [2.45, 2.75) is 13.3 Å². The Morgan fingerprint density at radius 1 is 1.04 bits per heavy atom. The summed E-state index contributed by atoms with van der Waals surface area (Å²) in [6.45, 7) is 2.06. The lowest BCUT2D eigenvalue weighted by Crippen LogP contribution is -2.14. The van der Waals surface area contributed by atoms with E-state index in [2.05, 4.69) is 33.2 Å². The number of hydrogen-bond acceptors (Lipinski definition) is 3. The molecule has 3 aromatic carbocycles. The van der Waals surface area contributed by atoms with E-state index in [1.54, 1.807) is 24.3 Å². The number of hydrogen-bond donors (Lipinski definition) is 1. The average Bonchev–Trinajstić information content (AvgIpc) is 3.00. The lowest BCUT2D eigenvalue weighted by Gasteiger charge is -2.07. The van der Waals surface area contributed by atoms with Gasteiger partial charge in [0.05, 0.1) is 11.4 Å². The van der Waals surface area contributed by atoms with E-state index in [1.165, 1.54) is 0 Å². The van der Waals surface area contributed by atoms with Crippen molar-refractivity contribution in [1.29, 1.82) is 0 Å². The van der Waals surface area contributed by atoms with Crippen LogP contribution in [0, 0.1) is 0 Å². The minimum Gasteiger partial charge on any atom is -0.457 e. The molecule has 0 fully saturated rings. The van der Waals surface area contributed by atoms with Crippen LogP contribution in [0.4, 0.5) is 11.4 Å². The van der Waals surface area contributed by atoms with Crippen LogP contribution in [-0.4, -0.2) is 11.6 Å². The maximum absolute atomic E-state index is 12.5.